The van der Waals surface area contributed by atoms with Crippen molar-refractivity contribution < 1.29 is 33.7 Å². The summed E-state index contributed by atoms with van der Waals surface area (Å²) >= 11 is 0. The summed E-state index contributed by atoms with van der Waals surface area (Å²) in [6.45, 7) is 6.78. The predicted molar refractivity (Wildman–Crippen MR) is 111 cm³/mol. The van der Waals surface area contributed by atoms with E-state index in [0.717, 1.165) is 0 Å². The number of hydrogen-bond acceptors (Lipinski definition) is 7. The fraction of sp³-hybridized carbons (Fsp3) is 0.591. The van der Waals surface area contributed by atoms with Crippen LogP contribution in [-0.4, -0.2) is 59.0 Å². The van der Waals surface area contributed by atoms with Crippen molar-refractivity contribution in [1.29, 1.82) is 0 Å². The summed E-state index contributed by atoms with van der Waals surface area (Å²) in [7, 11) is 0. The highest BCUT2D eigenvalue weighted by Crippen LogP contribution is 2.32. The second kappa shape index (κ2) is 9.74. The minimum Gasteiger partial charge on any atom is -0.508 e. The van der Waals surface area contributed by atoms with Crippen molar-refractivity contribution in [1.82, 2.24) is 10.6 Å². The normalized spacial score (nSPS) is 23.2. The average Bonchev–Trinajstić information content (AvgIpc) is 3.08. The number of esters is 1. The number of phenols is 1. The van der Waals surface area contributed by atoms with Crippen LogP contribution < -0.4 is 10.6 Å². The zero-order valence-electron chi connectivity index (χ0n) is 18.3. The van der Waals surface area contributed by atoms with Crippen LogP contribution in [0.25, 0.3) is 0 Å². The van der Waals surface area contributed by atoms with E-state index in [4.69, 9.17) is 4.74 Å². The van der Waals surface area contributed by atoms with Gasteiger partial charge in [0.2, 0.25) is 0 Å². The third kappa shape index (κ3) is 5.80. The number of nitrogens with one attached hydrogen (secondary N) is 2. The lowest BCUT2D eigenvalue weighted by molar-refractivity contribution is -0.165. The largest absolute Gasteiger partial charge is 0.508 e. The smallest absolute Gasteiger partial charge is 0.360 e. The number of rotatable bonds is 9. The van der Waals surface area contributed by atoms with E-state index in [2.05, 4.69) is 10.6 Å². The van der Waals surface area contributed by atoms with E-state index in [9.17, 15) is 24.6 Å². The van der Waals surface area contributed by atoms with Crippen LogP contribution in [0.3, 0.4) is 0 Å². The maximum absolute atomic E-state index is 15.5. The van der Waals surface area contributed by atoms with E-state index in [0.29, 0.717) is 5.56 Å². The van der Waals surface area contributed by atoms with Crippen molar-refractivity contribution >= 4 is 17.7 Å². The number of carboxylic acid groups (broad SMARTS) is 1. The lowest BCUT2D eigenvalue weighted by Gasteiger charge is -2.33. The molecular weight excluding hydrogens is 407 g/mol. The second-order valence-corrected chi connectivity index (χ2v) is 8.83. The number of benzene rings is 1. The van der Waals surface area contributed by atoms with Crippen LogP contribution in [-0.2, 0) is 25.5 Å². The number of hydrogen-bond donors (Lipinski definition) is 4. The van der Waals surface area contributed by atoms with Gasteiger partial charge < -0.3 is 14.9 Å². The molecule has 1 heterocycles. The number of aliphatic carboxylic acids is 1. The molecule has 8 nitrogen and oxygen atoms in total. The molecule has 0 amide bonds. The lowest BCUT2D eigenvalue weighted by atomic mass is 9.83. The Morgan fingerprint density at radius 3 is 2.42 bits per heavy atom. The highest BCUT2D eigenvalue weighted by Gasteiger charge is 2.55. The molecule has 0 bridgehead atoms. The van der Waals surface area contributed by atoms with Gasteiger partial charge in [-0.1, -0.05) is 32.9 Å². The number of carbonyl (C=O) groups is 3. The Labute approximate surface area is 181 Å². The third-order valence-electron chi connectivity index (χ3n) is 5.41. The second-order valence-electron chi connectivity index (χ2n) is 8.83. The number of carboxylic acids is 1. The summed E-state index contributed by atoms with van der Waals surface area (Å²) in [6, 6.07) is 3.94. The number of alkyl halides is 1. The molecule has 1 saturated heterocycles. The fourth-order valence-electron chi connectivity index (χ4n) is 3.75. The summed E-state index contributed by atoms with van der Waals surface area (Å²) in [5, 5.41) is 24.5. The van der Waals surface area contributed by atoms with Crippen LogP contribution in [0.2, 0.25) is 0 Å². The average molecular weight is 438 g/mol. The van der Waals surface area contributed by atoms with Crippen LogP contribution in [0.4, 0.5) is 4.39 Å². The molecular formula is C22H31FN2O6. The molecule has 4 atom stereocenters. The Hall–Kier alpha value is -2.52. The van der Waals surface area contributed by atoms with Gasteiger partial charge in [0.15, 0.2) is 5.78 Å². The Bertz CT molecular complexity index is 807. The maximum atomic E-state index is 15.5. The molecule has 0 saturated carbocycles. The number of Topliss-reactive ketones (excluding diaryl/α,β-unsaturated/α-hetero) is 1. The molecule has 0 aliphatic carbocycles. The van der Waals surface area contributed by atoms with Gasteiger partial charge in [-0.2, -0.15) is 0 Å². The third-order valence-corrected chi connectivity index (χ3v) is 5.41. The molecule has 9 heteroatoms. The first-order valence-electron chi connectivity index (χ1n) is 10.3. The van der Waals surface area contributed by atoms with Crippen molar-refractivity contribution in [2.75, 3.05) is 13.2 Å². The van der Waals surface area contributed by atoms with Gasteiger partial charge in [-0.3, -0.25) is 20.2 Å². The molecule has 1 aromatic rings. The predicted octanol–water partition coefficient (Wildman–Crippen LogP) is 1.80. The molecule has 1 aromatic carbocycles. The molecule has 0 radical (unpaired) electrons. The van der Waals surface area contributed by atoms with Crippen LogP contribution in [0.5, 0.6) is 5.75 Å². The van der Waals surface area contributed by atoms with Crippen molar-refractivity contribution in [2.45, 2.75) is 58.4 Å². The van der Waals surface area contributed by atoms with Crippen LogP contribution in [0.15, 0.2) is 24.3 Å². The van der Waals surface area contributed by atoms with Gasteiger partial charge in [-0.05, 0) is 49.4 Å². The molecule has 0 aromatic heterocycles. The van der Waals surface area contributed by atoms with Gasteiger partial charge in [-0.25, -0.2) is 9.18 Å². The monoisotopic (exact) mass is 438 g/mol. The van der Waals surface area contributed by atoms with E-state index in [1.165, 1.54) is 12.1 Å². The summed E-state index contributed by atoms with van der Waals surface area (Å²) in [4.78, 5) is 37.5. The SMILES string of the molecule is CCOC(=O)[C@@]1(F)NCCC1C(=O)[C@H](Cc1ccc(O)cc1)NC(C(=O)O)C(C)(C)C. The van der Waals surface area contributed by atoms with E-state index in [1.54, 1.807) is 39.8 Å². The topological polar surface area (TPSA) is 125 Å². The van der Waals surface area contributed by atoms with E-state index in [1.807, 2.05) is 0 Å². The first-order chi connectivity index (χ1) is 14.4. The number of ketones is 1. The highest BCUT2D eigenvalue weighted by atomic mass is 19.1. The van der Waals surface area contributed by atoms with Crippen LogP contribution in [0.1, 0.15) is 39.7 Å². The van der Waals surface area contributed by atoms with Crippen LogP contribution >= 0.6 is 0 Å². The van der Waals surface area contributed by atoms with E-state index in [-0.39, 0.29) is 31.7 Å². The lowest BCUT2D eigenvalue weighted by Crippen LogP contribution is -2.58. The fourth-order valence-corrected chi connectivity index (χ4v) is 3.75. The molecule has 0 spiro atoms. The molecule has 4 N–H and O–H groups in total. The molecule has 31 heavy (non-hydrogen) atoms. The Kier molecular flexibility index (Phi) is 7.77. The summed E-state index contributed by atoms with van der Waals surface area (Å²) in [5.74, 6) is -6.85. The quantitative estimate of drug-likeness (QED) is 0.340. The van der Waals surface area contributed by atoms with Crippen molar-refractivity contribution in [3.05, 3.63) is 29.8 Å². The van der Waals surface area contributed by atoms with E-state index >= 15 is 4.39 Å². The first kappa shape index (κ1) is 24.7. The maximum Gasteiger partial charge on any atom is 0.360 e. The molecule has 1 fully saturated rings. The van der Waals surface area contributed by atoms with Crippen molar-refractivity contribution in [2.24, 2.45) is 11.3 Å². The van der Waals surface area contributed by atoms with Crippen molar-refractivity contribution in [3.63, 3.8) is 0 Å². The van der Waals surface area contributed by atoms with Gasteiger partial charge in [-0.15, -0.1) is 0 Å². The number of aromatic hydroxyl groups is 1. The standard InChI is InChI=1S/C22H31FN2O6/c1-5-31-20(30)22(23)15(10-11-24-22)17(27)16(12-13-6-8-14(26)9-7-13)25-18(19(28)29)21(2,3)4/h6-9,15-16,18,24-26H,5,10-12H2,1-4H3,(H,28,29)/t15?,16-,18?,22-/m0/s1. The number of ether oxygens (including phenoxy) is 1. The van der Waals surface area contributed by atoms with Gasteiger partial charge in [0.05, 0.1) is 18.6 Å². The Balaban J connectivity index is 2.38. The van der Waals surface area contributed by atoms with E-state index < -0.39 is 46.9 Å². The van der Waals surface area contributed by atoms with Gasteiger partial charge >= 0.3 is 11.9 Å². The molecule has 2 unspecified atom stereocenters. The number of phenolic OH excluding ortho intramolecular Hbond substituents is 1. The number of halogens is 1. The highest BCUT2D eigenvalue weighted by molar-refractivity contribution is 5.94. The number of carbonyl (C=O) groups excluding carboxylic acids is 2. The molecule has 2 rings (SSSR count). The summed E-state index contributed by atoms with van der Waals surface area (Å²) in [5.41, 5.74) is -0.0884. The first-order valence-corrected chi connectivity index (χ1v) is 10.3. The zero-order valence-corrected chi connectivity index (χ0v) is 18.3. The van der Waals surface area contributed by atoms with Gasteiger partial charge in [0.1, 0.15) is 11.8 Å². The molecule has 1 aliphatic rings. The molecule has 1 aliphatic heterocycles. The van der Waals surface area contributed by atoms with Crippen LogP contribution in [0, 0.1) is 11.3 Å². The minimum atomic E-state index is -2.66. The van der Waals surface area contributed by atoms with Crippen molar-refractivity contribution in [3.8, 4) is 5.75 Å². The minimum absolute atomic E-state index is 0.0343. The Morgan fingerprint density at radius 1 is 1.29 bits per heavy atom. The van der Waals surface area contributed by atoms with Gasteiger partial charge in [0.25, 0.3) is 5.79 Å². The molecule has 172 valence electrons. The summed E-state index contributed by atoms with van der Waals surface area (Å²) in [6.07, 6.45) is 0.142. The Morgan fingerprint density at radius 2 is 1.90 bits per heavy atom. The zero-order chi connectivity index (χ0) is 23.4. The van der Waals surface area contributed by atoms with Gasteiger partial charge in [0, 0.05) is 0 Å². The summed E-state index contributed by atoms with van der Waals surface area (Å²) < 4.78 is 20.3.